The Kier molecular flexibility index (Phi) is 4.75. The van der Waals surface area contributed by atoms with E-state index in [1.54, 1.807) is 0 Å². The Balaban J connectivity index is 1.27. The minimum atomic E-state index is 0.681. The molecule has 3 heteroatoms. The third-order valence-corrected chi connectivity index (χ3v) is 7.20. The maximum atomic E-state index is 5.55. The van der Waals surface area contributed by atoms with Crippen molar-refractivity contribution in [3.63, 3.8) is 0 Å². The third-order valence-electron chi connectivity index (χ3n) is 7.20. The molecule has 3 nitrogen and oxygen atoms in total. The van der Waals surface area contributed by atoms with Gasteiger partial charge in [-0.3, -0.25) is 4.90 Å². The fourth-order valence-corrected chi connectivity index (χ4v) is 5.64. The Labute approximate surface area is 136 Å². The molecule has 2 heterocycles. The van der Waals surface area contributed by atoms with Crippen molar-refractivity contribution in [2.75, 3.05) is 45.9 Å². The molecule has 0 amide bonds. The van der Waals surface area contributed by atoms with Crippen molar-refractivity contribution < 1.29 is 4.74 Å². The third kappa shape index (κ3) is 3.09. The quantitative estimate of drug-likeness (QED) is 0.796. The molecular formula is C19H34N2O. The SMILES string of the molecule is C1CCC(CN2CCC3(CCC3N3CCOCC3)CC2)CC1. The van der Waals surface area contributed by atoms with Crippen LogP contribution in [0.4, 0.5) is 0 Å². The molecule has 2 aliphatic heterocycles. The molecule has 22 heavy (non-hydrogen) atoms. The van der Waals surface area contributed by atoms with Crippen molar-refractivity contribution in [2.45, 2.75) is 63.8 Å². The van der Waals surface area contributed by atoms with Crippen LogP contribution in [0.15, 0.2) is 0 Å². The molecule has 1 atom stereocenters. The second-order valence-corrected chi connectivity index (χ2v) is 8.37. The molecule has 4 fully saturated rings. The normalized spacial score (nSPS) is 34.6. The summed E-state index contributed by atoms with van der Waals surface area (Å²) in [6.45, 7) is 8.42. The van der Waals surface area contributed by atoms with Gasteiger partial charge in [0, 0.05) is 25.7 Å². The highest BCUT2D eigenvalue weighted by molar-refractivity contribution is 5.04. The van der Waals surface area contributed by atoms with Crippen LogP contribution < -0.4 is 0 Å². The van der Waals surface area contributed by atoms with Gasteiger partial charge in [-0.1, -0.05) is 19.3 Å². The predicted octanol–water partition coefficient (Wildman–Crippen LogP) is 3.14. The molecule has 1 spiro atoms. The summed E-state index contributed by atoms with van der Waals surface area (Å²) in [5.74, 6) is 1.01. The van der Waals surface area contributed by atoms with Crippen LogP contribution in [0.25, 0.3) is 0 Å². The number of hydrogen-bond donors (Lipinski definition) is 0. The molecule has 4 aliphatic rings. The number of rotatable bonds is 3. The molecule has 0 aromatic rings. The van der Waals surface area contributed by atoms with Gasteiger partial charge in [0.25, 0.3) is 0 Å². The van der Waals surface area contributed by atoms with Crippen LogP contribution in [0.2, 0.25) is 0 Å². The number of morpholine rings is 1. The number of piperidine rings is 1. The minimum Gasteiger partial charge on any atom is -0.379 e. The summed E-state index contributed by atoms with van der Waals surface area (Å²) in [5, 5.41) is 0. The molecule has 2 saturated carbocycles. The van der Waals surface area contributed by atoms with Gasteiger partial charge >= 0.3 is 0 Å². The zero-order chi connectivity index (χ0) is 14.8. The van der Waals surface area contributed by atoms with E-state index in [9.17, 15) is 0 Å². The van der Waals surface area contributed by atoms with E-state index in [0.29, 0.717) is 5.41 Å². The van der Waals surface area contributed by atoms with Crippen molar-refractivity contribution in [1.82, 2.24) is 9.80 Å². The molecule has 126 valence electrons. The van der Waals surface area contributed by atoms with E-state index < -0.39 is 0 Å². The van der Waals surface area contributed by atoms with Gasteiger partial charge in [0.1, 0.15) is 0 Å². The van der Waals surface area contributed by atoms with Gasteiger partial charge < -0.3 is 9.64 Å². The van der Waals surface area contributed by atoms with Gasteiger partial charge in [-0.15, -0.1) is 0 Å². The molecule has 0 bridgehead atoms. The second-order valence-electron chi connectivity index (χ2n) is 8.37. The molecule has 4 rings (SSSR count). The van der Waals surface area contributed by atoms with E-state index in [1.807, 2.05) is 0 Å². The summed E-state index contributed by atoms with van der Waals surface area (Å²) >= 11 is 0. The summed E-state index contributed by atoms with van der Waals surface area (Å²) in [6, 6.07) is 0.883. The Morgan fingerprint density at radius 1 is 0.818 bits per heavy atom. The monoisotopic (exact) mass is 306 g/mol. The smallest absolute Gasteiger partial charge is 0.0594 e. The van der Waals surface area contributed by atoms with E-state index in [-0.39, 0.29) is 0 Å². The lowest BCUT2D eigenvalue weighted by atomic mass is 9.58. The predicted molar refractivity (Wildman–Crippen MR) is 90.1 cm³/mol. The lowest BCUT2D eigenvalue weighted by Crippen LogP contribution is -2.61. The molecule has 0 radical (unpaired) electrons. The summed E-state index contributed by atoms with van der Waals surface area (Å²) in [6.07, 6.45) is 13.3. The average Bonchev–Trinajstić information content (AvgIpc) is 2.57. The first-order chi connectivity index (χ1) is 10.9. The zero-order valence-electron chi connectivity index (χ0n) is 14.3. The maximum absolute atomic E-state index is 5.55. The maximum Gasteiger partial charge on any atom is 0.0594 e. The number of nitrogens with zero attached hydrogens (tertiary/aromatic N) is 2. The van der Waals surface area contributed by atoms with Crippen LogP contribution in [-0.4, -0.2) is 61.8 Å². The first-order valence-corrected chi connectivity index (χ1v) is 9.90. The largest absolute Gasteiger partial charge is 0.379 e. The van der Waals surface area contributed by atoms with Crippen LogP contribution >= 0.6 is 0 Å². The van der Waals surface area contributed by atoms with Crippen molar-refractivity contribution in [2.24, 2.45) is 11.3 Å². The summed E-state index contributed by atoms with van der Waals surface area (Å²) in [7, 11) is 0. The minimum absolute atomic E-state index is 0.681. The highest BCUT2D eigenvalue weighted by Crippen LogP contribution is 2.51. The Morgan fingerprint density at radius 3 is 2.18 bits per heavy atom. The van der Waals surface area contributed by atoms with Crippen molar-refractivity contribution >= 4 is 0 Å². The highest BCUT2D eigenvalue weighted by atomic mass is 16.5. The van der Waals surface area contributed by atoms with Crippen LogP contribution in [0.1, 0.15) is 57.8 Å². The highest BCUT2D eigenvalue weighted by Gasteiger charge is 2.50. The van der Waals surface area contributed by atoms with Crippen molar-refractivity contribution in [3.05, 3.63) is 0 Å². The molecule has 1 unspecified atom stereocenters. The van der Waals surface area contributed by atoms with Crippen molar-refractivity contribution in [1.29, 1.82) is 0 Å². The van der Waals surface area contributed by atoms with Gasteiger partial charge in [0.15, 0.2) is 0 Å². The topological polar surface area (TPSA) is 15.7 Å². The lowest BCUT2D eigenvalue weighted by Gasteiger charge is -2.58. The Morgan fingerprint density at radius 2 is 1.55 bits per heavy atom. The fourth-order valence-electron chi connectivity index (χ4n) is 5.64. The molecule has 0 N–H and O–H groups in total. The van der Waals surface area contributed by atoms with Gasteiger partial charge in [-0.05, 0) is 62.9 Å². The van der Waals surface area contributed by atoms with Crippen LogP contribution in [0.3, 0.4) is 0 Å². The van der Waals surface area contributed by atoms with Gasteiger partial charge in [0.05, 0.1) is 13.2 Å². The summed E-state index contributed by atoms with van der Waals surface area (Å²) in [5.41, 5.74) is 0.681. The van der Waals surface area contributed by atoms with Crippen LogP contribution in [0, 0.1) is 11.3 Å². The van der Waals surface area contributed by atoms with Crippen molar-refractivity contribution in [3.8, 4) is 0 Å². The molecule has 2 saturated heterocycles. The number of ether oxygens (including phenoxy) is 1. The lowest BCUT2D eigenvalue weighted by molar-refractivity contribution is -0.0981. The standard InChI is InChI=1S/C19H34N2O/c1-2-4-17(5-3-1)16-20-10-8-19(9-11-20)7-6-18(19)21-12-14-22-15-13-21/h17-18H,1-16H2. The van der Waals surface area contributed by atoms with E-state index >= 15 is 0 Å². The Bertz CT molecular complexity index is 352. The second kappa shape index (κ2) is 6.78. The average molecular weight is 306 g/mol. The summed E-state index contributed by atoms with van der Waals surface area (Å²) in [4.78, 5) is 5.56. The summed E-state index contributed by atoms with van der Waals surface area (Å²) < 4.78 is 5.55. The molecule has 0 aromatic heterocycles. The van der Waals surface area contributed by atoms with Gasteiger partial charge in [-0.2, -0.15) is 0 Å². The number of likely N-dealkylation sites (tertiary alicyclic amines) is 1. The first-order valence-electron chi connectivity index (χ1n) is 9.90. The number of hydrogen-bond acceptors (Lipinski definition) is 3. The van der Waals surface area contributed by atoms with Crippen LogP contribution in [-0.2, 0) is 4.74 Å². The van der Waals surface area contributed by atoms with Gasteiger partial charge in [-0.25, -0.2) is 0 Å². The fraction of sp³-hybridized carbons (Fsp3) is 1.00. The van der Waals surface area contributed by atoms with E-state index in [1.165, 1.54) is 90.5 Å². The zero-order valence-corrected chi connectivity index (χ0v) is 14.3. The molecular weight excluding hydrogens is 272 g/mol. The van der Waals surface area contributed by atoms with E-state index in [0.717, 1.165) is 25.2 Å². The van der Waals surface area contributed by atoms with Crippen LogP contribution in [0.5, 0.6) is 0 Å². The molecule has 0 aromatic carbocycles. The first kappa shape index (κ1) is 15.4. The Hall–Kier alpha value is -0.120. The molecule has 2 aliphatic carbocycles. The van der Waals surface area contributed by atoms with Gasteiger partial charge in [0.2, 0.25) is 0 Å². The van der Waals surface area contributed by atoms with E-state index in [4.69, 9.17) is 4.74 Å². The van der Waals surface area contributed by atoms with E-state index in [2.05, 4.69) is 9.80 Å².